The van der Waals surface area contributed by atoms with E-state index in [0.717, 1.165) is 0 Å². The van der Waals surface area contributed by atoms with Crippen molar-refractivity contribution in [1.82, 2.24) is 13.9 Å². The van der Waals surface area contributed by atoms with E-state index in [4.69, 9.17) is 0 Å². The molecule has 0 saturated heterocycles. The van der Waals surface area contributed by atoms with Crippen molar-refractivity contribution in [1.29, 1.82) is 0 Å². The highest BCUT2D eigenvalue weighted by Gasteiger charge is 2.68. The zero-order valence-electron chi connectivity index (χ0n) is 14.9. The topological polar surface area (TPSA) is 48.9 Å². The van der Waals surface area contributed by atoms with Crippen molar-refractivity contribution >= 4 is 0 Å². The fourth-order valence-electron chi connectivity index (χ4n) is 5.58. The SMILES string of the molecule is CC1=C(C)[C@]2(C)[C@@H]3C=C[C@H](n4c(=O)n(-c5ccccc5)c(=O)n43)[C@]12C. The Morgan fingerprint density at radius 3 is 1.68 bits per heavy atom. The lowest BCUT2D eigenvalue weighted by molar-refractivity contribution is -0.0483. The Balaban J connectivity index is 1.85. The van der Waals surface area contributed by atoms with Crippen LogP contribution in [0.4, 0.5) is 0 Å². The minimum Gasteiger partial charge on any atom is -0.245 e. The molecule has 0 radical (unpaired) electrons. The van der Waals surface area contributed by atoms with Crippen molar-refractivity contribution in [2.45, 2.75) is 39.8 Å². The number of hydrogen-bond acceptors (Lipinski definition) is 2. The molecule has 25 heavy (non-hydrogen) atoms. The molecule has 0 unspecified atom stereocenters. The molecule has 4 aliphatic rings. The number of hydrogen-bond donors (Lipinski definition) is 0. The number of benzene rings is 1. The van der Waals surface area contributed by atoms with Crippen molar-refractivity contribution in [3.05, 3.63) is 74.6 Å². The van der Waals surface area contributed by atoms with Gasteiger partial charge in [-0.25, -0.2) is 23.5 Å². The maximum absolute atomic E-state index is 13.2. The molecule has 2 bridgehead atoms. The quantitative estimate of drug-likeness (QED) is 0.753. The summed E-state index contributed by atoms with van der Waals surface area (Å²) in [6.45, 7) is 8.79. The molecule has 5 nitrogen and oxygen atoms in total. The van der Waals surface area contributed by atoms with Crippen molar-refractivity contribution in [2.24, 2.45) is 10.8 Å². The van der Waals surface area contributed by atoms with Crippen LogP contribution in [0.2, 0.25) is 0 Å². The molecule has 6 rings (SSSR count). The first-order valence-electron chi connectivity index (χ1n) is 8.73. The minimum absolute atomic E-state index is 0.128. The van der Waals surface area contributed by atoms with E-state index in [1.54, 1.807) is 21.5 Å². The molecule has 0 saturated carbocycles. The molecule has 2 aliphatic carbocycles. The van der Waals surface area contributed by atoms with Crippen LogP contribution in [0.3, 0.4) is 0 Å². The van der Waals surface area contributed by atoms with E-state index >= 15 is 0 Å². The van der Waals surface area contributed by atoms with Gasteiger partial charge >= 0.3 is 11.4 Å². The molecular weight excluding hydrogens is 314 g/mol. The van der Waals surface area contributed by atoms with Crippen LogP contribution in [-0.4, -0.2) is 13.9 Å². The summed E-state index contributed by atoms with van der Waals surface area (Å²) in [5.41, 5.74) is 2.54. The smallest absolute Gasteiger partial charge is 0.245 e. The highest BCUT2D eigenvalue weighted by Crippen LogP contribution is 2.72. The summed E-state index contributed by atoms with van der Waals surface area (Å²) in [6.07, 6.45) is 4.22. The van der Waals surface area contributed by atoms with Gasteiger partial charge in [0.05, 0.1) is 17.8 Å². The highest BCUT2D eigenvalue weighted by atomic mass is 16.2. The van der Waals surface area contributed by atoms with Crippen LogP contribution in [0.25, 0.3) is 5.69 Å². The van der Waals surface area contributed by atoms with Crippen LogP contribution >= 0.6 is 0 Å². The fraction of sp³-hybridized carbons (Fsp3) is 0.400. The molecule has 1 aromatic carbocycles. The van der Waals surface area contributed by atoms with Crippen LogP contribution in [0, 0.1) is 10.8 Å². The zero-order chi connectivity index (χ0) is 17.7. The summed E-state index contributed by atoms with van der Waals surface area (Å²) >= 11 is 0. The van der Waals surface area contributed by atoms with Gasteiger partial charge in [-0.15, -0.1) is 0 Å². The number of allylic oxidation sites excluding steroid dienone is 4. The number of nitrogens with zero attached hydrogens (tertiary/aromatic N) is 3. The third-order valence-corrected chi connectivity index (χ3v) is 7.41. The van der Waals surface area contributed by atoms with Gasteiger partial charge in [0.25, 0.3) is 0 Å². The average molecular weight is 335 g/mol. The Hall–Kier alpha value is -2.56. The summed E-state index contributed by atoms with van der Waals surface area (Å²) in [4.78, 5) is 26.4. The number of rotatable bonds is 1. The van der Waals surface area contributed by atoms with Gasteiger partial charge < -0.3 is 0 Å². The monoisotopic (exact) mass is 335 g/mol. The van der Waals surface area contributed by atoms with Gasteiger partial charge in [0.1, 0.15) is 0 Å². The number of aromatic nitrogens is 3. The standard InChI is InChI=1S/C20H21N3O2/c1-12-13(2)20(4)16-11-10-15(19(12,20)3)22-17(24)21(18(25)23(16)22)14-8-6-5-7-9-14/h5-11,15-16H,1-4H3/t15-,16-,19-,20+/m0/s1. The molecule has 3 heterocycles. The van der Waals surface area contributed by atoms with Crippen molar-refractivity contribution in [3.63, 3.8) is 0 Å². The van der Waals surface area contributed by atoms with Crippen LogP contribution in [0.15, 0.2) is 63.2 Å². The summed E-state index contributed by atoms with van der Waals surface area (Å²) in [7, 11) is 0. The molecule has 5 heteroatoms. The Labute approximate surface area is 145 Å². The first-order valence-corrected chi connectivity index (χ1v) is 8.73. The van der Waals surface area contributed by atoms with E-state index in [0.29, 0.717) is 5.69 Å². The fourth-order valence-corrected chi connectivity index (χ4v) is 5.58. The van der Waals surface area contributed by atoms with Crippen molar-refractivity contribution in [3.8, 4) is 5.69 Å². The lowest BCUT2D eigenvalue weighted by Gasteiger charge is -2.67. The molecule has 1 aromatic heterocycles. The van der Waals surface area contributed by atoms with E-state index in [1.165, 1.54) is 15.7 Å². The second-order valence-corrected chi connectivity index (χ2v) is 7.85. The third-order valence-electron chi connectivity index (χ3n) is 7.41. The molecule has 0 spiro atoms. The van der Waals surface area contributed by atoms with Crippen LogP contribution < -0.4 is 11.4 Å². The van der Waals surface area contributed by atoms with Gasteiger partial charge in [-0.1, -0.05) is 55.3 Å². The molecule has 0 amide bonds. The maximum Gasteiger partial charge on any atom is 0.352 e. The molecule has 2 aromatic rings. The normalized spacial score (nSPS) is 34.7. The number of para-hydroxylation sites is 1. The summed E-state index contributed by atoms with van der Waals surface area (Å²) in [6, 6.07) is 8.92. The van der Waals surface area contributed by atoms with Gasteiger partial charge in [0.2, 0.25) is 0 Å². The van der Waals surface area contributed by atoms with E-state index in [-0.39, 0.29) is 34.3 Å². The van der Waals surface area contributed by atoms with Gasteiger partial charge in [-0.05, 0) is 26.0 Å². The average Bonchev–Trinajstić information content (AvgIpc) is 2.90. The molecular formula is C20H21N3O2. The second-order valence-electron chi connectivity index (χ2n) is 7.85. The Kier molecular flexibility index (Phi) is 2.45. The third kappa shape index (κ3) is 1.28. The van der Waals surface area contributed by atoms with Crippen molar-refractivity contribution in [2.75, 3.05) is 0 Å². The first kappa shape index (κ1) is 14.8. The maximum atomic E-state index is 13.2. The van der Waals surface area contributed by atoms with Crippen LogP contribution in [0.5, 0.6) is 0 Å². The summed E-state index contributed by atoms with van der Waals surface area (Å²) in [5, 5.41) is 0. The summed E-state index contributed by atoms with van der Waals surface area (Å²) < 4.78 is 4.66. The van der Waals surface area contributed by atoms with E-state index in [1.807, 2.05) is 18.2 Å². The van der Waals surface area contributed by atoms with Gasteiger partial charge in [-0.3, -0.25) is 0 Å². The minimum atomic E-state index is -0.254. The molecule has 0 N–H and O–H groups in total. The summed E-state index contributed by atoms with van der Waals surface area (Å²) in [5.74, 6) is 0. The first-order chi connectivity index (χ1) is 11.8. The van der Waals surface area contributed by atoms with Gasteiger partial charge in [0, 0.05) is 10.8 Å². The van der Waals surface area contributed by atoms with E-state index in [9.17, 15) is 9.59 Å². The van der Waals surface area contributed by atoms with E-state index < -0.39 is 0 Å². The predicted molar refractivity (Wildman–Crippen MR) is 96.1 cm³/mol. The molecule has 128 valence electrons. The van der Waals surface area contributed by atoms with Crippen molar-refractivity contribution < 1.29 is 0 Å². The molecule has 4 atom stereocenters. The molecule has 0 fully saturated rings. The van der Waals surface area contributed by atoms with E-state index in [2.05, 4.69) is 39.8 Å². The van der Waals surface area contributed by atoms with Crippen LogP contribution in [-0.2, 0) is 0 Å². The lowest BCUT2D eigenvalue weighted by atomic mass is 9.41. The lowest BCUT2D eigenvalue weighted by Crippen LogP contribution is -2.65. The predicted octanol–water partition coefficient (Wildman–Crippen LogP) is 2.83. The van der Waals surface area contributed by atoms with Crippen LogP contribution in [0.1, 0.15) is 39.8 Å². The zero-order valence-corrected chi connectivity index (χ0v) is 14.9. The Morgan fingerprint density at radius 2 is 1.24 bits per heavy atom. The molecule has 2 aliphatic heterocycles. The second kappa shape index (κ2) is 4.15. The largest absolute Gasteiger partial charge is 0.352 e. The highest BCUT2D eigenvalue weighted by molar-refractivity contribution is 5.49. The Morgan fingerprint density at radius 1 is 0.800 bits per heavy atom. The Bertz CT molecular complexity index is 1030. The van der Waals surface area contributed by atoms with Gasteiger partial charge in [0.15, 0.2) is 0 Å². The van der Waals surface area contributed by atoms with Gasteiger partial charge in [-0.2, -0.15) is 0 Å².